The Balaban J connectivity index is 1.74. The monoisotopic (exact) mass is 469 g/mol. The van der Waals surface area contributed by atoms with Gasteiger partial charge in [-0.2, -0.15) is 0 Å². The molecule has 0 aromatic heterocycles. The molecule has 0 bridgehead atoms. The predicted molar refractivity (Wildman–Crippen MR) is 121 cm³/mol. The van der Waals surface area contributed by atoms with Gasteiger partial charge in [-0.05, 0) is 48.9 Å². The third-order valence-electron chi connectivity index (χ3n) is 4.42. The fourth-order valence-corrected chi connectivity index (χ4v) is 3.42. The number of anilines is 1. The van der Waals surface area contributed by atoms with Gasteiger partial charge < -0.3 is 19.5 Å². The first-order chi connectivity index (χ1) is 14.6. The number of rotatable bonds is 9. The van der Waals surface area contributed by atoms with Crippen LogP contribution in [0.2, 0.25) is 0 Å². The normalized spacial score (nSPS) is 10.4. The highest BCUT2D eigenvalue weighted by Gasteiger charge is 2.14. The average Bonchev–Trinajstić information content (AvgIpc) is 2.77. The molecule has 0 aliphatic carbocycles. The number of methoxy groups -OCH3 is 1. The summed E-state index contributed by atoms with van der Waals surface area (Å²) in [7, 11) is 1.63. The van der Waals surface area contributed by atoms with Crippen LogP contribution in [0.5, 0.6) is 11.5 Å². The molecule has 0 amide bonds. The molecule has 3 aromatic carbocycles. The molecule has 0 saturated heterocycles. The minimum atomic E-state index is -0.322. The zero-order chi connectivity index (χ0) is 21.3. The van der Waals surface area contributed by atoms with E-state index in [1.165, 1.54) is 0 Å². The number of hydrogen-bond donors (Lipinski definition) is 1. The van der Waals surface area contributed by atoms with Crippen LogP contribution in [0.15, 0.2) is 71.2 Å². The maximum atomic E-state index is 11.8. The SMILES string of the molecule is CCOC(=O)c1ccc(NCc2cc(Br)cc(OC)c2OCc2ccccc2)cc1. The molecule has 0 unspecified atom stereocenters. The predicted octanol–water partition coefficient (Wildman–Crippen LogP) is 5.83. The first-order valence-corrected chi connectivity index (χ1v) is 10.4. The third-order valence-corrected chi connectivity index (χ3v) is 4.88. The highest BCUT2D eigenvalue weighted by molar-refractivity contribution is 9.10. The molecule has 5 nitrogen and oxygen atoms in total. The highest BCUT2D eigenvalue weighted by Crippen LogP contribution is 2.36. The van der Waals surface area contributed by atoms with Gasteiger partial charge in [-0.3, -0.25) is 0 Å². The Hall–Kier alpha value is -2.99. The first kappa shape index (κ1) is 21.7. The van der Waals surface area contributed by atoms with E-state index < -0.39 is 0 Å². The van der Waals surface area contributed by atoms with Gasteiger partial charge in [0.1, 0.15) is 6.61 Å². The summed E-state index contributed by atoms with van der Waals surface area (Å²) in [5, 5.41) is 3.37. The Bertz CT molecular complexity index is 975. The maximum Gasteiger partial charge on any atom is 0.338 e. The van der Waals surface area contributed by atoms with Gasteiger partial charge >= 0.3 is 5.97 Å². The zero-order valence-electron chi connectivity index (χ0n) is 17.0. The van der Waals surface area contributed by atoms with E-state index in [0.717, 1.165) is 21.3 Å². The molecule has 0 fully saturated rings. The minimum Gasteiger partial charge on any atom is -0.493 e. The van der Waals surface area contributed by atoms with Gasteiger partial charge in [0, 0.05) is 22.3 Å². The van der Waals surface area contributed by atoms with Crippen molar-refractivity contribution < 1.29 is 19.0 Å². The summed E-state index contributed by atoms with van der Waals surface area (Å²) in [5.74, 6) is 1.03. The summed E-state index contributed by atoms with van der Waals surface area (Å²) in [4.78, 5) is 11.8. The summed E-state index contributed by atoms with van der Waals surface area (Å²) in [5.41, 5.74) is 3.44. The largest absolute Gasteiger partial charge is 0.493 e. The van der Waals surface area contributed by atoms with Crippen molar-refractivity contribution in [3.63, 3.8) is 0 Å². The molecular formula is C24H24BrNO4. The van der Waals surface area contributed by atoms with E-state index in [1.54, 1.807) is 26.2 Å². The number of hydrogen-bond acceptors (Lipinski definition) is 5. The smallest absolute Gasteiger partial charge is 0.338 e. The Morgan fingerprint density at radius 2 is 1.77 bits per heavy atom. The van der Waals surface area contributed by atoms with Crippen molar-refractivity contribution in [3.8, 4) is 11.5 Å². The molecule has 0 atom stereocenters. The number of benzene rings is 3. The van der Waals surface area contributed by atoms with Crippen molar-refractivity contribution in [1.82, 2.24) is 0 Å². The summed E-state index contributed by atoms with van der Waals surface area (Å²) < 4.78 is 17.6. The van der Waals surface area contributed by atoms with Gasteiger partial charge in [0.2, 0.25) is 0 Å². The number of esters is 1. The van der Waals surface area contributed by atoms with E-state index in [2.05, 4.69) is 21.2 Å². The summed E-state index contributed by atoms with van der Waals surface area (Å²) in [6.07, 6.45) is 0. The van der Waals surface area contributed by atoms with Crippen LogP contribution < -0.4 is 14.8 Å². The molecule has 0 aliphatic heterocycles. The van der Waals surface area contributed by atoms with Crippen LogP contribution in [0.3, 0.4) is 0 Å². The Morgan fingerprint density at radius 3 is 2.43 bits per heavy atom. The van der Waals surface area contributed by atoms with E-state index in [9.17, 15) is 4.79 Å². The van der Waals surface area contributed by atoms with E-state index in [4.69, 9.17) is 14.2 Å². The molecule has 3 rings (SSSR count). The fraction of sp³-hybridized carbons (Fsp3) is 0.208. The molecule has 0 aliphatic rings. The standard InChI is InChI=1S/C24H24BrNO4/c1-3-29-24(27)18-9-11-21(12-10-18)26-15-19-13-20(25)14-22(28-2)23(19)30-16-17-7-5-4-6-8-17/h4-14,26H,3,15-16H2,1-2H3. The van der Waals surface area contributed by atoms with Crippen LogP contribution in [0.1, 0.15) is 28.4 Å². The summed E-state index contributed by atoms with van der Waals surface area (Å²) in [6.45, 7) is 3.12. The average molecular weight is 470 g/mol. The van der Waals surface area contributed by atoms with Gasteiger partial charge in [-0.15, -0.1) is 0 Å². The van der Waals surface area contributed by atoms with Crippen LogP contribution in [-0.2, 0) is 17.9 Å². The second-order valence-corrected chi connectivity index (χ2v) is 7.44. The second kappa shape index (κ2) is 10.7. The first-order valence-electron chi connectivity index (χ1n) is 9.65. The third kappa shape index (κ3) is 5.76. The number of carbonyl (C=O) groups excluding carboxylic acids is 1. The number of carbonyl (C=O) groups is 1. The lowest BCUT2D eigenvalue weighted by Crippen LogP contribution is -2.07. The van der Waals surface area contributed by atoms with Crippen molar-refractivity contribution in [2.24, 2.45) is 0 Å². The molecule has 156 valence electrons. The van der Waals surface area contributed by atoms with Crippen LogP contribution in [0.4, 0.5) is 5.69 Å². The Morgan fingerprint density at radius 1 is 1.03 bits per heavy atom. The summed E-state index contributed by atoms with van der Waals surface area (Å²) >= 11 is 3.54. The Labute approximate surface area is 185 Å². The van der Waals surface area contributed by atoms with Gasteiger partial charge in [0.05, 0.1) is 19.3 Å². The molecule has 1 N–H and O–H groups in total. The molecule has 30 heavy (non-hydrogen) atoms. The van der Waals surface area contributed by atoms with Crippen molar-refractivity contribution in [3.05, 3.63) is 87.9 Å². The van der Waals surface area contributed by atoms with Gasteiger partial charge in [-0.25, -0.2) is 4.79 Å². The van der Waals surface area contributed by atoms with Crippen LogP contribution in [0, 0.1) is 0 Å². The molecule has 0 heterocycles. The molecular weight excluding hydrogens is 446 g/mol. The Kier molecular flexibility index (Phi) is 7.74. The van der Waals surface area contributed by atoms with Gasteiger partial charge in [-0.1, -0.05) is 46.3 Å². The lowest BCUT2D eigenvalue weighted by molar-refractivity contribution is 0.0526. The molecule has 0 spiro atoms. The van der Waals surface area contributed by atoms with E-state index >= 15 is 0 Å². The number of halogens is 1. The highest BCUT2D eigenvalue weighted by atomic mass is 79.9. The van der Waals surface area contributed by atoms with Gasteiger partial charge in [0.25, 0.3) is 0 Å². The quantitative estimate of drug-likeness (QED) is 0.399. The topological polar surface area (TPSA) is 56.8 Å². The van der Waals surface area contributed by atoms with Crippen molar-refractivity contribution >= 4 is 27.6 Å². The number of ether oxygens (including phenoxy) is 3. The van der Waals surface area contributed by atoms with Crippen LogP contribution in [0.25, 0.3) is 0 Å². The second-order valence-electron chi connectivity index (χ2n) is 6.52. The molecule has 3 aromatic rings. The lowest BCUT2D eigenvalue weighted by Gasteiger charge is -2.17. The molecule has 0 radical (unpaired) electrons. The molecule has 6 heteroatoms. The van der Waals surface area contributed by atoms with E-state index in [-0.39, 0.29) is 5.97 Å². The minimum absolute atomic E-state index is 0.322. The van der Waals surface area contributed by atoms with Crippen molar-refractivity contribution in [2.75, 3.05) is 19.0 Å². The summed E-state index contributed by atoms with van der Waals surface area (Å²) in [6, 6.07) is 21.1. The van der Waals surface area contributed by atoms with Gasteiger partial charge in [0.15, 0.2) is 11.5 Å². The zero-order valence-corrected chi connectivity index (χ0v) is 18.6. The maximum absolute atomic E-state index is 11.8. The van der Waals surface area contributed by atoms with E-state index in [0.29, 0.717) is 36.8 Å². The van der Waals surface area contributed by atoms with Crippen LogP contribution in [-0.4, -0.2) is 19.7 Å². The lowest BCUT2D eigenvalue weighted by atomic mass is 10.1. The molecule has 0 saturated carbocycles. The number of nitrogens with one attached hydrogen (secondary N) is 1. The van der Waals surface area contributed by atoms with Crippen molar-refractivity contribution in [1.29, 1.82) is 0 Å². The van der Waals surface area contributed by atoms with E-state index in [1.807, 2.05) is 54.6 Å². The fourth-order valence-electron chi connectivity index (χ4n) is 2.94. The van der Waals surface area contributed by atoms with Crippen LogP contribution >= 0.6 is 15.9 Å². The van der Waals surface area contributed by atoms with Crippen molar-refractivity contribution in [2.45, 2.75) is 20.1 Å².